The molecule has 162 valence electrons. The lowest BCUT2D eigenvalue weighted by atomic mass is 10.1. The second-order valence-corrected chi connectivity index (χ2v) is 7.64. The van der Waals surface area contributed by atoms with Crippen molar-refractivity contribution in [2.75, 3.05) is 31.5 Å². The van der Waals surface area contributed by atoms with Crippen LogP contribution >= 0.6 is 0 Å². The Labute approximate surface area is 202 Å². The van der Waals surface area contributed by atoms with Gasteiger partial charge in [-0.2, -0.15) is 4.57 Å². The number of halogens is 1. The summed E-state index contributed by atoms with van der Waals surface area (Å²) in [5, 5.41) is 6.18. The summed E-state index contributed by atoms with van der Waals surface area (Å²) in [4.78, 5) is 5.79. The second kappa shape index (κ2) is 10.8. The average molecular weight is 526 g/mol. The molecule has 0 radical (unpaired) electrons. The van der Waals surface area contributed by atoms with Crippen molar-refractivity contribution in [3.05, 3.63) is 72.1 Å². The standard InChI is InChI=1S/C26H30N4.HI/c1-4-30(5-2)17-16-27-25-18-21(29(3)26-13-9-7-11-23(25)26)15-14-20-19-28-24-12-8-6-10-22(20)24;/h6-15,18-19H,4-5,16-17H2,1-3H3,(H,27,28);1H. The van der Waals surface area contributed by atoms with E-state index in [9.17, 15) is 0 Å². The van der Waals surface area contributed by atoms with Crippen LogP contribution in [0.5, 0.6) is 0 Å². The molecular weight excluding hydrogens is 495 g/mol. The molecule has 5 heteroatoms. The summed E-state index contributed by atoms with van der Waals surface area (Å²) in [6, 6.07) is 19.3. The summed E-state index contributed by atoms with van der Waals surface area (Å²) in [5.41, 5.74) is 5.95. The third kappa shape index (κ3) is 5.10. The highest BCUT2D eigenvalue weighted by Crippen LogP contribution is 2.24. The number of nitrogens with one attached hydrogen (secondary N) is 2. The van der Waals surface area contributed by atoms with Crippen LogP contribution in [0.1, 0.15) is 25.1 Å². The molecule has 0 aliphatic heterocycles. The molecule has 0 atom stereocenters. The minimum absolute atomic E-state index is 0. The molecule has 0 amide bonds. The summed E-state index contributed by atoms with van der Waals surface area (Å²) in [6.07, 6.45) is 6.48. The van der Waals surface area contributed by atoms with Crippen LogP contribution in [0, 0.1) is 0 Å². The zero-order chi connectivity index (χ0) is 20.9. The maximum Gasteiger partial charge on any atom is 0.214 e. The van der Waals surface area contributed by atoms with Crippen LogP contribution in [0.4, 0.5) is 5.69 Å². The number of H-pyrrole nitrogens is 1. The van der Waals surface area contributed by atoms with Crippen molar-refractivity contribution in [1.82, 2.24) is 9.88 Å². The predicted molar refractivity (Wildman–Crippen MR) is 129 cm³/mol. The molecule has 31 heavy (non-hydrogen) atoms. The Morgan fingerprint density at radius 3 is 2.45 bits per heavy atom. The third-order valence-corrected chi connectivity index (χ3v) is 5.93. The number of fused-ring (bicyclic) bond motifs is 2. The highest BCUT2D eigenvalue weighted by atomic mass is 127. The van der Waals surface area contributed by atoms with Gasteiger partial charge < -0.3 is 39.2 Å². The predicted octanol–water partition coefficient (Wildman–Crippen LogP) is 2.07. The van der Waals surface area contributed by atoms with Gasteiger partial charge in [-0.05, 0) is 36.9 Å². The van der Waals surface area contributed by atoms with Crippen LogP contribution in [-0.2, 0) is 7.05 Å². The van der Waals surface area contributed by atoms with Crippen molar-refractivity contribution in [2.24, 2.45) is 7.05 Å². The molecule has 4 aromatic rings. The monoisotopic (exact) mass is 526 g/mol. The Hall–Kier alpha value is -2.38. The van der Waals surface area contributed by atoms with Gasteiger partial charge >= 0.3 is 0 Å². The van der Waals surface area contributed by atoms with Gasteiger partial charge in [-0.25, -0.2) is 0 Å². The summed E-state index contributed by atoms with van der Waals surface area (Å²) < 4.78 is 2.26. The lowest BCUT2D eigenvalue weighted by Gasteiger charge is -2.19. The average Bonchev–Trinajstić information content (AvgIpc) is 3.20. The Morgan fingerprint density at radius 1 is 0.968 bits per heavy atom. The topological polar surface area (TPSA) is 34.9 Å². The van der Waals surface area contributed by atoms with E-state index in [0.717, 1.165) is 26.2 Å². The van der Waals surface area contributed by atoms with Crippen molar-refractivity contribution in [1.29, 1.82) is 0 Å². The van der Waals surface area contributed by atoms with Crippen molar-refractivity contribution >= 4 is 39.6 Å². The molecule has 2 heterocycles. The number of hydrogen-bond donors (Lipinski definition) is 2. The first-order valence-corrected chi connectivity index (χ1v) is 10.8. The van der Waals surface area contributed by atoms with Crippen LogP contribution in [-0.4, -0.2) is 36.1 Å². The first kappa shape index (κ1) is 23.3. The van der Waals surface area contributed by atoms with Gasteiger partial charge in [-0.15, -0.1) is 0 Å². The van der Waals surface area contributed by atoms with E-state index in [-0.39, 0.29) is 24.0 Å². The van der Waals surface area contributed by atoms with E-state index >= 15 is 0 Å². The SMILES string of the molecule is CCN(CC)CCNc1cc(/C=C/c2c[nH]c3ccccc23)[n+](C)c2ccccc12.[I-]. The molecule has 0 saturated carbocycles. The van der Waals surface area contributed by atoms with Gasteiger partial charge in [0.15, 0.2) is 0 Å². The second-order valence-electron chi connectivity index (χ2n) is 7.64. The zero-order valence-corrected chi connectivity index (χ0v) is 20.7. The van der Waals surface area contributed by atoms with Crippen LogP contribution in [0.25, 0.3) is 34.0 Å². The molecule has 0 aliphatic carbocycles. The highest BCUT2D eigenvalue weighted by Gasteiger charge is 2.14. The van der Waals surface area contributed by atoms with Gasteiger partial charge in [0, 0.05) is 48.4 Å². The smallest absolute Gasteiger partial charge is 0.214 e. The molecule has 0 saturated heterocycles. The number of para-hydroxylation sites is 2. The van der Waals surface area contributed by atoms with Crippen LogP contribution < -0.4 is 33.9 Å². The number of benzene rings is 2. The molecule has 0 aliphatic rings. The zero-order valence-electron chi connectivity index (χ0n) is 18.5. The van der Waals surface area contributed by atoms with Crippen molar-refractivity contribution in [2.45, 2.75) is 13.8 Å². The highest BCUT2D eigenvalue weighted by molar-refractivity contribution is 5.93. The minimum Gasteiger partial charge on any atom is -1.00 e. The van der Waals surface area contributed by atoms with Crippen molar-refractivity contribution in [3.63, 3.8) is 0 Å². The molecule has 2 N–H and O–H groups in total. The number of aromatic nitrogens is 2. The number of anilines is 1. The van der Waals surface area contributed by atoms with E-state index in [4.69, 9.17) is 0 Å². The van der Waals surface area contributed by atoms with E-state index in [1.54, 1.807) is 0 Å². The number of rotatable bonds is 8. The van der Waals surface area contributed by atoms with E-state index < -0.39 is 0 Å². The van der Waals surface area contributed by atoms with Gasteiger partial charge in [-0.1, -0.05) is 44.2 Å². The molecular formula is C26H31IN4. The maximum absolute atomic E-state index is 3.68. The lowest BCUT2D eigenvalue weighted by molar-refractivity contribution is -0.646. The quantitative estimate of drug-likeness (QED) is 0.273. The van der Waals surface area contributed by atoms with Gasteiger partial charge in [-0.3, -0.25) is 0 Å². The van der Waals surface area contributed by atoms with Crippen LogP contribution in [0.2, 0.25) is 0 Å². The molecule has 4 rings (SSSR count). The normalized spacial score (nSPS) is 11.5. The van der Waals surface area contributed by atoms with Crippen molar-refractivity contribution < 1.29 is 28.5 Å². The van der Waals surface area contributed by atoms with Crippen LogP contribution in [0.15, 0.2) is 60.8 Å². The Morgan fingerprint density at radius 2 is 1.68 bits per heavy atom. The molecule has 0 spiro atoms. The third-order valence-electron chi connectivity index (χ3n) is 5.93. The summed E-state index contributed by atoms with van der Waals surface area (Å²) in [5.74, 6) is 0. The number of hydrogen-bond acceptors (Lipinski definition) is 2. The number of nitrogens with zero attached hydrogens (tertiary/aromatic N) is 2. The summed E-state index contributed by atoms with van der Waals surface area (Å²) in [6.45, 7) is 8.58. The Balaban J connectivity index is 0.00000272. The molecule has 2 aromatic heterocycles. The van der Waals surface area contributed by atoms with E-state index in [2.05, 4.69) is 114 Å². The van der Waals surface area contributed by atoms with Gasteiger partial charge in [0.25, 0.3) is 0 Å². The van der Waals surface area contributed by atoms with E-state index in [1.165, 1.54) is 38.8 Å². The molecule has 0 unspecified atom stereocenters. The lowest BCUT2D eigenvalue weighted by Crippen LogP contribution is -3.00. The van der Waals surface area contributed by atoms with Gasteiger partial charge in [0.2, 0.25) is 11.2 Å². The number of aryl methyl sites for hydroxylation is 1. The number of pyridine rings is 1. The van der Waals surface area contributed by atoms with Crippen molar-refractivity contribution in [3.8, 4) is 0 Å². The first-order valence-electron chi connectivity index (χ1n) is 10.8. The summed E-state index contributed by atoms with van der Waals surface area (Å²) in [7, 11) is 2.14. The molecule has 4 nitrogen and oxygen atoms in total. The fourth-order valence-electron chi connectivity index (χ4n) is 4.06. The fraction of sp³-hybridized carbons (Fsp3) is 0.269. The minimum atomic E-state index is 0. The Kier molecular flexibility index (Phi) is 8.09. The molecule has 0 fully saturated rings. The van der Waals surface area contributed by atoms with Gasteiger partial charge in [0.1, 0.15) is 7.05 Å². The summed E-state index contributed by atoms with van der Waals surface area (Å²) >= 11 is 0. The van der Waals surface area contributed by atoms with E-state index in [1.807, 2.05) is 0 Å². The fourth-order valence-corrected chi connectivity index (χ4v) is 4.06. The molecule has 0 bridgehead atoms. The van der Waals surface area contributed by atoms with Crippen LogP contribution in [0.3, 0.4) is 0 Å². The largest absolute Gasteiger partial charge is 1.00 e. The number of aromatic amines is 1. The van der Waals surface area contributed by atoms with Gasteiger partial charge in [0.05, 0.1) is 11.1 Å². The Bertz CT molecular complexity index is 1170. The number of likely N-dealkylation sites (N-methyl/N-ethyl adjacent to an activating group) is 1. The maximum atomic E-state index is 3.68. The first-order chi connectivity index (χ1) is 14.7. The van der Waals surface area contributed by atoms with E-state index in [0.29, 0.717) is 0 Å². The molecule has 2 aromatic carbocycles.